The highest BCUT2D eigenvalue weighted by atomic mass is 16.5. The zero-order valence-corrected chi connectivity index (χ0v) is 11.8. The first-order chi connectivity index (χ1) is 9.08. The van der Waals surface area contributed by atoms with Crippen LogP contribution in [0, 0.1) is 5.92 Å². The molecule has 2 rings (SSSR count). The van der Waals surface area contributed by atoms with Gasteiger partial charge in [-0.3, -0.25) is 0 Å². The van der Waals surface area contributed by atoms with Crippen molar-refractivity contribution in [2.24, 2.45) is 5.92 Å². The van der Waals surface area contributed by atoms with Gasteiger partial charge in [0.25, 0.3) is 0 Å². The number of carbonyl (C=O) groups excluding carboxylic acids is 1. The van der Waals surface area contributed by atoms with Gasteiger partial charge in [-0.25, -0.2) is 9.48 Å². The predicted molar refractivity (Wildman–Crippen MR) is 74.3 cm³/mol. The molecule has 1 saturated heterocycles. The number of nitrogens with two attached hydrogens (primary N) is 1. The van der Waals surface area contributed by atoms with Gasteiger partial charge in [-0.1, -0.05) is 6.92 Å². The van der Waals surface area contributed by atoms with Gasteiger partial charge in [0, 0.05) is 19.6 Å². The fourth-order valence-corrected chi connectivity index (χ4v) is 2.60. The minimum atomic E-state index is -0.412. The molecule has 0 radical (unpaired) electrons. The first kappa shape index (κ1) is 13.7. The molecule has 106 valence electrons. The number of esters is 1. The number of nitrogens with zero attached hydrogens (tertiary/aromatic N) is 3. The normalized spacial score (nSPS) is 19.5. The molecule has 2 heterocycles. The molecule has 1 aromatic rings. The third-order valence-corrected chi connectivity index (χ3v) is 3.62. The monoisotopic (exact) mass is 266 g/mol. The molecule has 19 heavy (non-hydrogen) atoms. The van der Waals surface area contributed by atoms with E-state index >= 15 is 0 Å². The van der Waals surface area contributed by atoms with Crippen molar-refractivity contribution in [3.63, 3.8) is 0 Å². The van der Waals surface area contributed by atoms with Gasteiger partial charge in [0.05, 0.1) is 7.11 Å². The van der Waals surface area contributed by atoms with Gasteiger partial charge in [-0.05, 0) is 25.7 Å². The number of hydrogen-bond acceptors (Lipinski definition) is 5. The molecule has 1 aliphatic heterocycles. The summed E-state index contributed by atoms with van der Waals surface area (Å²) in [6, 6.07) is 0. The Kier molecular flexibility index (Phi) is 3.97. The third kappa shape index (κ3) is 2.52. The van der Waals surface area contributed by atoms with Crippen LogP contribution >= 0.6 is 0 Å². The SMILES string of the molecule is CCn1nc(N2CCCC(C)C2)c(C(=O)OC)c1N. The summed E-state index contributed by atoms with van der Waals surface area (Å²) >= 11 is 0. The molecule has 1 aliphatic rings. The van der Waals surface area contributed by atoms with E-state index in [1.807, 2.05) is 6.92 Å². The highest BCUT2D eigenvalue weighted by Crippen LogP contribution is 2.29. The van der Waals surface area contributed by atoms with E-state index < -0.39 is 5.97 Å². The Morgan fingerprint density at radius 1 is 1.58 bits per heavy atom. The quantitative estimate of drug-likeness (QED) is 0.839. The summed E-state index contributed by atoms with van der Waals surface area (Å²) in [5, 5.41) is 4.47. The van der Waals surface area contributed by atoms with Gasteiger partial charge in [0.15, 0.2) is 5.82 Å². The second-order valence-corrected chi connectivity index (χ2v) is 5.08. The number of rotatable bonds is 3. The van der Waals surface area contributed by atoms with Crippen LogP contribution in [0.15, 0.2) is 0 Å². The van der Waals surface area contributed by atoms with Gasteiger partial charge in [-0.2, -0.15) is 5.10 Å². The second kappa shape index (κ2) is 5.50. The van der Waals surface area contributed by atoms with E-state index in [-0.39, 0.29) is 0 Å². The van der Waals surface area contributed by atoms with E-state index in [2.05, 4.69) is 16.9 Å². The molecule has 0 aliphatic carbocycles. The molecule has 6 heteroatoms. The molecule has 0 amide bonds. The van der Waals surface area contributed by atoms with Gasteiger partial charge >= 0.3 is 5.97 Å². The lowest BCUT2D eigenvalue weighted by Crippen LogP contribution is -2.35. The Bertz CT molecular complexity index is 469. The van der Waals surface area contributed by atoms with E-state index in [1.165, 1.54) is 13.5 Å². The third-order valence-electron chi connectivity index (χ3n) is 3.62. The highest BCUT2D eigenvalue weighted by Gasteiger charge is 2.28. The molecule has 0 bridgehead atoms. The van der Waals surface area contributed by atoms with Crippen molar-refractivity contribution in [1.82, 2.24) is 9.78 Å². The first-order valence-electron chi connectivity index (χ1n) is 6.78. The van der Waals surface area contributed by atoms with Crippen LogP contribution in [-0.4, -0.2) is 35.9 Å². The molecule has 0 aromatic carbocycles. The first-order valence-corrected chi connectivity index (χ1v) is 6.78. The van der Waals surface area contributed by atoms with Crippen LogP contribution in [0.1, 0.15) is 37.0 Å². The number of aromatic nitrogens is 2. The Hall–Kier alpha value is -1.72. The fraction of sp³-hybridized carbons (Fsp3) is 0.692. The summed E-state index contributed by atoms with van der Waals surface area (Å²) < 4.78 is 6.49. The number of hydrogen-bond donors (Lipinski definition) is 1. The van der Waals surface area contributed by atoms with Crippen molar-refractivity contribution in [2.75, 3.05) is 30.8 Å². The zero-order chi connectivity index (χ0) is 14.0. The fourth-order valence-electron chi connectivity index (χ4n) is 2.60. The zero-order valence-electron chi connectivity index (χ0n) is 11.8. The lowest BCUT2D eigenvalue weighted by atomic mass is 10.00. The molecule has 2 N–H and O–H groups in total. The summed E-state index contributed by atoms with van der Waals surface area (Å²) in [6.45, 7) is 6.62. The summed E-state index contributed by atoms with van der Waals surface area (Å²) in [5.41, 5.74) is 6.41. The molecule has 1 unspecified atom stereocenters. The molecular weight excluding hydrogens is 244 g/mol. The average Bonchev–Trinajstić information content (AvgIpc) is 2.75. The van der Waals surface area contributed by atoms with Crippen LogP contribution in [0.3, 0.4) is 0 Å². The molecule has 1 fully saturated rings. The maximum atomic E-state index is 11.9. The van der Waals surface area contributed by atoms with Gasteiger partial charge in [0.2, 0.25) is 0 Å². The number of carbonyl (C=O) groups is 1. The number of piperidine rings is 1. The minimum absolute atomic E-state index is 0.391. The summed E-state index contributed by atoms with van der Waals surface area (Å²) in [7, 11) is 1.37. The van der Waals surface area contributed by atoms with Crippen LogP contribution in [0.2, 0.25) is 0 Å². The number of methoxy groups -OCH3 is 1. The highest BCUT2D eigenvalue weighted by molar-refractivity contribution is 5.99. The lowest BCUT2D eigenvalue weighted by Gasteiger charge is -2.31. The largest absolute Gasteiger partial charge is 0.465 e. The Balaban J connectivity index is 2.40. The van der Waals surface area contributed by atoms with Gasteiger partial charge < -0.3 is 15.4 Å². The van der Waals surface area contributed by atoms with Crippen LogP contribution in [-0.2, 0) is 11.3 Å². The molecule has 1 aromatic heterocycles. The van der Waals surface area contributed by atoms with E-state index in [1.54, 1.807) is 4.68 Å². The van der Waals surface area contributed by atoms with Gasteiger partial charge in [-0.15, -0.1) is 0 Å². The average molecular weight is 266 g/mol. The van der Waals surface area contributed by atoms with E-state index in [4.69, 9.17) is 10.5 Å². The Morgan fingerprint density at radius 3 is 2.89 bits per heavy atom. The summed E-state index contributed by atoms with van der Waals surface area (Å²) in [6.07, 6.45) is 2.33. The predicted octanol–water partition coefficient (Wildman–Crippen LogP) is 1.51. The molecule has 0 saturated carbocycles. The smallest absolute Gasteiger partial charge is 0.345 e. The maximum Gasteiger partial charge on any atom is 0.345 e. The number of aryl methyl sites for hydroxylation is 1. The van der Waals surface area contributed by atoms with Crippen LogP contribution in [0.4, 0.5) is 11.6 Å². The molecule has 0 spiro atoms. The van der Waals surface area contributed by atoms with Crippen LogP contribution in [0.25, 0.3) is 0 Å². The van der Waals surface area contributed by atoms with Crippen molar-refractivity contribution >= 4 is 17.6 Å². The van der Waals surface area contributed by atoms with Crippen molar-refractivity contribution < 1.29 is 9.53 Å². The lowest BCUT2D eigenvalue weighted by molar-refractivity contribution is 0.0602. The molecular formula is C13H22N4O2. The standard InChI is InChI=1S/C13H22N4O2/c1-4-17-11(14)10(13(18)19-3)12(15-17)16-7-5-6-9(2)8-16/h9H,4-8,14H2,1-3H3. The van der Waals surface area contributed by atoms with Crippen molar-refractivity contribution in [1.29, 1.82) is 0 Å². The summed E-state index contributed by atoms with van der Waals surface area (Å²) in [4.78, 5) is 14.1. The maximum absolute atomic E-state index is 11.9. The van der Waals surface area contributed by atoms with E-state index in [9.17, 15) is 4.79 Å². The Labute approximate surface area is 113 Å². The second-order valence-electron chi connectivity index (χ2n) is 5.08. The van der Waals surface area contributed by atoms with E-state index in [0.717, 1.165) is 19.5 Å². The topological polar surface area (TPSA) is 73.4 Å². The number of nitrogen functional groups attached to an aromatic ring is 1. The van der Waals surface area contributed by atoms with Crippen LogP contribution < -0.4 is 10.6 Å². The van der Waals surface area contributed by atoms with Crippen molar-refractivity contribution in [3.8, 4) is 0 Å². The van der Waals surface area contributed by atoms with Crippen molar-refractivity contribution in [3.05, 3.63) is 5.56 Å². The Morgan fingerprint density at radius 2 is 2.32 bits per heavy atom. The van der Waals surface area contributed by atoms with Crippen LogP contribution in [0.5, 0.6) is 0 Å². The molecule has 6 nitrogen and oxygen atoms in total. The van der Waals surface area contributed by atoms with Crippen molar-refractivity contribution in [2.45, 2.75) is 33.2 Å². The summed E-state index contributed by atoms with van der Waals surface area (Å²) in [5.74, 6) is 1.25. The van der Waals surface area contributed by atoms with E-state index in [0.29, 0.717) is 29.7 Å². The molecule has 1 atom stereocenters. The number of ether oxygens (including phenoxy) is 1. The minimum Gasteiger partial charge on any atom is -0.465 e. The number of anilines is 2. The van der Waals surface area contributed by atoms with Gasteiger partial charge in [0.1, 0.15) is 11.4 Å².